The van der Waals surface area contributed by atoms with Gasteiger partial charge >= 0.3 is 27.1 Å². The Morgan fingerprint density at radius 2 is 1.75 bits per heavy atom. The molecule has 0 bridgehead atoms. The van der Waals surface area contributed by atoms with Crippen LogP contribution in [0.3, 0.4) is 0 Å². The molecule has 1 nitrogen and oxygen atoms in total. The Labute approximate surface area is 57.9 Å². The summed E-state index contributed by atoms with van der Waals surface area (Å²) in [5, 5.41) is 0. The standard InChI is InChI=1S/C5H5.CO.Ru/c1-2-4-5-3-1;1-2;/h1-5H;;/q-1;;+1. The van der Waals surface area contributed by atoms with Gasteiger partial charge in [-0.25, -0.2) is 12.1 Å². The van der Waals surface area contributed by atoms with Crippen molar-refractivity contribution < 1.29 is 22.6 Å². The van der Waals surface area contributed by atoms with Crippen LogP contribution in [-0.4, -0.2) is 4.47 Å². The van der Waals surface area contributed by atoms with E-state index in [9.17, 15) is 0 Å². The summed E-state index contributed by atoms with van der Waals surface area (Å²) >= 11 is 1.70. The molecule has 1 aromatic rings. The zero-order valence-electron chi connectivity index (χ0n) is 4.15. The van der Waals surface area contributed by atoms with Crippen molar-refractivity contribution in [2.45, 2.75) is 0 Å². The zero-order chi connectivity index (χ0) is 6.24. The van der Waals surface area contributed by atoms with Gasteiger partial charge in [0.1, 0.15) is 0 Å². The second-order valence-electron chi connectivity index (χ2n) is 1.03. The Morgan fingerprint density at radius 1 is 1.38 bits per heavy atom. The van der Waals surface area contributed by atoms with Crippen LogP contribution in [0.25, 0.3) is 0 Å². The maximum atomic E-state index is 8.65. The van der Waals surface area contributed by atoms with E-state index in [1.54, 1.807) is 17.9 Å². The number of rotatable bonds is 0. The molecule has 0 unspecified atom stereocenters. The van der Waals surface area contributed by atoms with Crippen LogP contribution in [0.5, 0.6) is 0 Å². The van der Waals surface area contributed by atoms with Gasteiger partial charge in [-0.15, -0.1) is 0 Å². The fourth-order valence-corrected chi connectivity index (χ4v) is 0.321. The fourth-order valence-electron chi connectivity index (χ4n) is 0.321. The van der Waals surface area contributed by atoms with Crippen molar-refractivity contribution >= 4 is 4.47 Å². The van der Waals surface area contributed by atoms with Crippen LogP contribution < -0.4 is 0 Å². The van der Waals surface area contributed by atoms with Crippen LogP contribution in [0.2, 0.25) is 0 Å². The largest absolute Gasteiger partial charge is 0.214 e. The summed E-state index contributed by atoms with van der Waals surface area (Å²) in [6, 6.07) is 10.0. The van der Waals surface area contributed by atoms with Gasteiger partial charge < -0.3 is 0 Å². The van der Waals surface area contributed by atoms with Crippen molar-refractivity contribution in [1.82, 2.24) is 0 Å². The molecule has 0 fully saturated rings. The Hall–Kier alpha value is -0.447. The smallest absolute Gasteiger partial charge is 0.172 e. The van der Waals surface area contributed by atoms with Crippen LogP contribution in [0.1, 0.15) is 0 Å². The Morgan fingerprint density at radius 3 is 1.88 bits per heavy atom. The van der Waals surface area contributed by atoms with E-state index in [0.29, 0.717) is 0 Å². The van der Waals surface area contributed by atoms with Gasteiger partial charge in [-0.1, -0.05) is 0 Å². The summed E-state index contributed by atoms with van der Waals surface area (Å²) in [4.78, 5) is 8.65. The molecule has 0 saturated carbocycles. The fraction of sp³-hybridized carbons (Fsp3) is 0. The average Bonchev–Trinajstić information content (AvgIpc) is 2.17. The van der Waals surface area contributed by atoms with E-state index in [-0.39, 0.29) is 0 Å². The molecule has 0 heterocycles. The third-order valence-electron chi connectivity index (χ3n) is 0.556. The van der Waals surface area contributed by atoms with E-state index >= 15 is 0 Å². The molecule has 1 rings (SSSR count). The monoisotopic (exact) mass is 195 g/mol. The first kappa shape index (κ1) is 7.55. The molecule has 0 N–H and O–H groups in total. The molecule has 2 heteroatoms. The summed E-state index contributed by atoms with van der Waals surface area (Å²) < 4.78 is 1.43. The molecule has 8 heavy (non-hydrogen) atoms. The molecule has 43 valence electrons. The topological polar surface area (TPSA) is 17.1 Å². The van der Waals surface area contributed by atoms with Crippen molar-refractivity contribution in [1.29, 1.82) is 0 Å². The second kappa shape index (κ2) is 6.55. The van der Waals surface area contributed by atoms with E-state index in [2.05, 4.69) is 0 Å². The molecule has 0 aliphatic rings. The van der Waals surface area contributed by atoms with Gasteiger partial charge in [0, 0.05) is 0 Å². The van der Waals surface area contributed by atoms with Crippen LogP contribution >= 0.6 is 0 Å². The Balaban J connectivity index is 0.000000145. The second-order valence-corrected chi connectivity index (χ2v) is 1.39. The van der Waals surface area contributed by atoms with Gasteiger partial charge in [0.15, 0.2) is 0 Å². The van der Waals surface area contributed by atoms with E-state index in [4.69, 9.17) is 4.79 Å². The average molecular weight is 194 g/mol. The summed E-state index contributed by atoms with van der Waals surface area (Å²) in [6.45, 7) is 0. The third kappa shape index (κ3) is 5.55. The van der Waals surface area contributed by atoms with Crippen molar-refractivity contribution in [3.05, 3.63) is 30.3 Å². The molecule has 0 atom stereocenters. The zero-order valence-corrected chi connectivity index (χ0v) is 5.89. The predicted octanol–water partition coefficient (Wildman–Crippen LogP) is 1.01. The van der Waals surface area contributed by atoms with Gasteiger partial charge in [-0.3, -0.25) is 0 Å². The van der Waals surface area contributed by atoms with Crippen molar-refractivity contribution in [3.8, 4) is 0 Å². The number of hydrogen-bond acceptors (Lipinski definition) is 1. The minimum atomic E-state index is 1.43. The van der Waals surface area contributed by atoms with Crippen molar-refractivity contribution in [3.63, 3.8) is 0 Å². The van der Waals surface area contributed by atoms with Crippen LogP contribution in [-0.2, 0) is 22.6 Å². The summed E-state index contributed by atoms with van der Waals surface area (Å²) in [5.41, 5.74) is 0. The van der Waals surface area contributed by atoms with Crippen molar-refractivity contribution in [2.24, 2.45) is 0 Å². The van der Waals surface area contributed by atoms with E-state index < -0.39 is 0 Å². The molecular formula is C6H5ORu. The quantitative estimate of drug-likeness (QED) is 0.445. The third-order valence-corrected chi connectivity index (χ3v) is 0.556. The van der Waals surface area contributed by atoms with Gasteiger partial charge in [0.25, 0.3) is 0 Å². The first-order chi connectivity index (χ1) is 3.91. The van der Waals surface area contributed by atoms with Gasteiger partial charge in [0.05, 0.1) is 0 Å². The molecule has 0 spiro atoms. The molecule has 0 amide bonds. The van der Waals surface area contributed by atoms with Crippen molar-refractivity contribution in [2.75, 3.05) is 0 Å². The SMILES string of the molecule is O=[C]=[Ru+].c1cc[cH-]c1. The van der Waals surface area contributed by atoms with Crippen LogP contribution in [0.4, 0.5) is 0 Å². The molecule has 0 aliphatic heterocycles. The summed E-state index contributed by atoms with van der Waals surface area (Å²) in [6.07, 6.45) is 0. The Bertz CT molecular complexity index is 120. The summed E-state index contributed by atoms with van der Waals surface area (Å²) in [7, 11) is 0. The molecule has 0 saturated heterocycles. The molecule has 0 radical (unpaired) electrons. The predicted molar refractivity (Wildman–Crippen MR) is 27.7 cm³/mol. The maximum Gasteiger partial charge on any atom is -0.172 e. The number of carbonyl (C=O) groups excluding carboxylic acids is 1. The minimum Gasteiger partial charge on any atom is -0.214 e. The van der Waals surface area contributed by atoms with Crippen LogP contribution in [0.15, 0.2) is 30.3 Å². The van der Waals surface area contributed by atoms with Gasteiger partial charge in [-0.05, 0) is 0 Å². The maximum absolute atomic E-state index is 8.65. The molecule has 0 aromatic heterocycles. The minimum absolute atomic E-state index is 1.43. The van der Waals surface area contributed by atoms with E-state index in [0.717, 1.165) is 0 Å². The number of hydrogen-bond donors (Lipinski definition) is 0. The van der Waals surface area contributed by atoms with Gasteiger partial charge in [-0.2, -0.15) is 18.2 Å². The van der Waals surface area contributed by atoms with Gasteiger partial charge in [0.2, 0.25) is 0 Å². The normalized spacial score (nSPS) is 6.00. The summed E-state index contributed by atoms with van der Waals surface area (Å²) in [5.74, 6) is 0. The molecule has 0 aliphatic carbocycles. The first-order valence-electron chi connectivity index (χ1n) is 2.05. The Kier molecular flexibility index (Phi) is 6.19. The van der Waals surface area contributed by atoms with E-state index in [1.165, 1.54) is 4.47 Å². The van der Waals surface area contributed by atoms with Crippen LogP contribution in [0, 0.1) is 0 Å². The first-order valence-corrected chi connectivity index (χ1v) is 2.92. The molecular weight excluding hydrogens is 189 g/mol. The molecule has 1 aromatic carbocycles. The van der Waals surface area contributed by atoms with E-state index in [1.807, 2.05) is 30.3 Å².